The minimum Gasteiger partial charge on any atom is -0.352 e. The van der Waals surface area contributed by atoms with Crippen molar-refractivity contribution in [3.63, 3.8) is 0 Å². The molecule has 0 bridgehead atoms. The number of piperidine rings is 2. The maximum absolute atomic E-state index is 12.8. The Hall–Kier alpha value is -1.59. The molecule has 2 aliphatic rings. The predicted octanol–water partition coefficient (Wildman–Crippen LogP) is 5.75. The second-order valence-electron chi connectivity index (χ2n) is 9.82. The summed E-state index contributed by atoms with van der Waals surface area (Å²) < 4.78 is 0. The standard InChI is InChI=1S/C27H35Cl2N3O/c1-20-4-3-11-32(17-20)19-22-6-2-5-21(14-22)16-30-27(33)24-9-12-31(13-10-24)18-23-7-8-25(28)26(29)15-23/h2,5-8,14-15,20,24H,3-4,9-13,16-19H2,1H3,(H,30,33). The van der Waals surface area contributed by atoms with Gasteiger partial charge in [0.05, 0.1) is 10.0 Å². The van der Waals surface area contributed by atoms with Crippen molar-refractivity contribution in [2.45, 2.75) is 52.2 Å². The van der Waals surface area contributed by atoms with Gasteiger partial charge in [-0.1, -0.05) is 60.5 Å². The van der Waals surface area contributed by atoms with Crippen LogP contribution in [0.2, 0.25) is 10.0 Å². The van der Waals surface area contributed by atoms with Crippen LogP contribution in [0, 0.1) is 11.8 Å². The Bertz CT molecular complexity index is 943. The lowest BCUT2D eigenvalue weighted by Crippen LogP contribution is -2.40. The number of carbonyl (C=O) groups excluding carboxylic acids is 1. The average molecular weight is 489 g/mol. The van der Waals surface area contributed by atoms with Crippen molar-refractivity contribution in [2.75, 3.05) is 26.2 Å². The zero-order chi connectivity index (χ0) is 23.2. The highest BCUT2D eigenvalue weighted by molar-refractivity contribution is 6.42. The number of amides is 1. The highest BCUT2D eigenvalue weighted by atomic mass is 35.5. The molecule has 0 spiro atoms. The van der Waals surface area contributed by atoms with Crippen molar-refractivity contribution >= 4 is 29.1 Å². The zero-order valence-corrected chi connectivity index (χ0v) is 21.0. The Balaban J connectivity index is 1.21. The van der Waals surface area contributed by atoms with E-state index in [2.05, 4.69) is 46.3 Å². The summed E-state index contributed by atoms with van der Waals surface area (Å²) in [5.41, 5.74) is 3.68. The summed E-state index contributed by atoms with van der Waals surface area (Å²) in [5.74, 6) is 1.06. The molecule has 2 saturated heterocycles. The first kappa shape index (κ1) is 24.5. The maximum Gasteiger partial charge on any atom is 0.223 e. The molecular formula is C27H35Cl2N3O. The van der Waals surface area contributed by atoms with Gasteiger partial charge in [0.15, 0.2) is 0 Å². The van der Waals surface area contributed by atoms with E-state index in [0.717, 1.165) is 50.5 Å². The Kier molecular flexibility index (Phi) is 8.70. The summed E-state index contributed by atoms with van der Waals surface area (Å²) in [6.07, 6.45) is 4.42. The quantitative estimate of drug-likeness (QED) is 0.539. The Morgan fingerprint density at radius 3 is 2.39 bits per heavy atom. The predicted molar refractivity (Wildman–Crippen MR) is 136 cm³/mol. The number of likely N-dealkylation sites (tertiary alicyclic amines) is 2. The molecule has 2 aromatic carbocycles. The first-order valence-electron chi connectivity index (χ1n) is 12.2. The van der Waals surface area contributed by atoms with Crippen LogP contribution in [-0.4, -0.2) is 41.9 Å². The molecule has 2 aromatic rings. The molecule has 2 fully saturated rings. The van der Waals surface area contributed by atoms with Gasteiger partial charge in [-0.3, -0.25) is 14.6 Å². The van der Waals surface area contributed by atoms with Gasteiger partial charge >= 0.3 is 0 Å². The van der Waals surface area contributed by atoms with Crippen LogP contribution in [0.25, 0.3) is 0 Å². The summed E-state index contributed by atoms with van der Waals surface area (Å²) in [6, 6.07) is 14.5. The van der Waals surface area contributed by atoms with Crippen molar-refractivity contribution < 1.29 is 4.79 Å². The van der Waals surface area contributed by atoms with Crippen LogP contribution in [0.5, 0.6) is 0 Å². The van der Waals surface area contributed by atoms with Gasteiger partial charge in [-0.25, -0.2) is 0 Å². The van der Waals surface area contributed by atoms with Gasteiger partial charge in [0.2, 0.25) is 5.91 Å². The highest BCUT2D eigenvalue weighted by Crippen LogP contribution is 2.25. The maximum atomic E-state index is 12.8. The molecule has 2 heterocycles. The van der Waals surface area contributed by atoms with Crippen LogP contribution in [0.4, 0.5) is 0 Å². The Labute approximate surface area is 208 Å². The van der Waals surface area contributed by atoms with Crippen molar-refractivity contribution in [2.24, 2.45) is 11.8 Å². The Morgan fingerprint density at radius 2 is 1.64 bits per heavy atom. The van der Waals surface area contributed by atoms with E-state index in [1.54, 1.807) is 0 Å². The van der Waals surface area contributed by atoms with E-state index in [-0.39, 0.29) is 11.8 Å². The molecule has 1 unspecified atom stereocenters. The van der Waals surface area contributed by atoms with E-state index in [9.17, 15) is 4.79 Å². The number of nitrogens with one attached hydrogen (secondary N) is 1. The van der Waals surface area contributed by atoms with Crippen LogP contribution < -0.4 is 5.32 Å². The van der Waals surface area contributed by atoms with Gasteiger partial charge in [0.1, 0.15) is 0 Å². The topological polar surface area (TPSA) is 35.6 Å². The third kappa shape index (κ3) is 7.19. The molecule has 0 aromatic heterocycles. The molecule has 2 aliphatic heterocycles. The molecule has 0 aliphatic carbocycles. The number of halogens is 2. The minimum atomic E-state index is 0.0908. The van der Waals surface area contributed by atoms with Crippen molar-refractivity contribution in [3.05, 3.63) is 69.2 Å². The van der Waals surface area contributed by atoms with E-state index in [0.29, 0.717) is 16.6 Å². The fourth-order valence-electron chi connectivity index (χ4n) is 5.11. The number of hydrogen-bond donors (Lipinski definition) is 1. The van der Waals surface area contributed by atoms with Crippen LogP contribution in [0.15, 0.2) is 42.5 Å². The Morgan fingerprint density at radius 1 is 0.909 bits per heavy atom. The number of nitrogens with zero attached hydrogens (tertiary/aromatic N) is 2. The number of carbonyl (C=O) groups is 1. The number of benzene rings is 2. The normalized spacial score (nSPS) is 20.6. The monoisotopic (exact) mass is 487 g/mol. The summed E-state index contributed by atoms with van der Waals surface area (Å²) in [4.78, 5) is 17.7. The van der Waals surface area contributed by atoms with Crippen LogP contribution in [0.1, 0.15) is 49.3 Å². The molecule has 33 heavy (non-hydrogen) atoms. The van der Waals surface area contributed by atoms with E-state index in [1.807, 2.05) is 18.2 Å². The van der Waals surface area contributed by atoms with Crippen LogP contribution in [-0.2, 0) is 24.4 Å². The van der Waals surface area contributed by atoms with Crippen molar-refractivity contribution in [1.82, 2.24) is 15.1 Å². The third-order valence-electron chi connectivity index (χ3n) is 6.95. The third-order valence-corrected chi connectivity index (χ3v) is 7.69. The molecule has 1 amide bonds. The number of rotatable bonds is 7. The lowest BCUT2D eigenvalue weighted by molar-refractivity contribution is -0.126. The second-order valence-corrected chi connectivity index (χ2v) is 10.6. The summed E-state index contributed by atoms with van der Waals surface area (Å²) >= 11 is 12.2. The SMILES string of the molecule is CC1CCCN(Cc2cccc(CNC(=O)C3CCN(Cc4ccc(Cl)c(Cl)c4)CC3)c2)C1. The minimum absolute atomic E-state index is 0.0908. The van der Waals surface area contributed by atoms with Crippen molar-refractivity contribution in [3.8, 4) is 0 Å². The van der Waals surface area contributed by atoms with Crippen molar-refractivity contribution in [1.29, 1.82) is 0 Å². The first-order chi connectivity index (χ1) is 16.0. The molecule has 0 saturated carbocycles. The molecule has 6 heteroatoms. The summed E-state index contributed by atoms with van der Waals surface area (Å²) in [7, 11) is 0. The van der Waals surface area contributed by atoms with Gasteiger partial charge in [-0.15, -0.1) is 0 Å². The van der Waals surface area contributed by atoms with Gasteiger partial charge < -0.3 is 5.32 Å². The van der Waals surface area contributed by atoms with Crippen LogP contribution in [0.3, 0.4) is 0 Å². The fraction of sp³-hybridized carbons (Fsp3) is 0.519. The zero-order valence-electron chi connectivity index (χ0n) is 19.5. The summed E-state index contributed by atoms with van der Waals surface area (Å²) in [5, 5.41) is 4.36. The van der Waals surface area contributed by atoms with E-state index in [1.165, 1.54) is 37.1 Å². The molecule has 1 N–H and O–H groups in total. The lowest BCUT2D eigenvalue weighted by Gasteiger charge is -2.31. The molecule has 0 radical (unpaired) electrons. The van der Waals surface area contributed by atoms with E-state index < -0.39 is 0 Å². The second kappa shape index (κ2) is 11.7. The number of hydrogen-bond acceptors (Lipinski definition) is 3. The first-order valence-corrected chi connectivity index (χ1v) is 13.0. The van der Waals surface area contributed by atoms with Gasteiger partial charge in [0.25, 0.3) is 0 Å². The highest BCUT2D eigenvalue weighted by Gasteiger charge is 2.25. The fourth-order valence-corrected chi connectivity index (χ4v) is 5.43. The van der Waals surface area contributed by atoms with E-state index in [4.69, 9.17) is 23.2 Å². The molecule has 178 valence electrons. The molecule has 1 atom stereocenters. The molecule has 4 nitrogen and oxygen atoms in total. The summed E-state index contributed by atoms with van der Waals surface area (Å²) in [6.45, 7) is 9.00. The molecule has 4 rings (SSSR count). The average Bonchev–Trinajstić information content (AvgIpc) is 2.81. The van der Waals surface area contributed by atoms with Gasteiger partial charge in [-0.2, -0.15) is 0 Å². The van der Waals surface area contributed by atoms with Gasteiger partial charge in [0, 0.05) is 32.1 Å². The van der Waals surface area contributed by atoms with Crippen LogP contribution >= 0.6 is 23.2 Å². The lowest BCUT2D eigenvalue weighted by atomic mass is 9.95. The largest absolute Gasteiger partial charge is 0.352 e. The smallest absolute Gasteiger partial charge is 0.223 e. The van der Waals surface area contributed by atoms with Gasteiger partial charge in [-0.05, 0) is 80.1 Å². The van der Waals surface area contributed by atoms with E-state index >= 15 is 0 Å². The molecular weight excluding hydrogens is 453 g/mol.